The number of nitrogens with one attached hydrogen (secondary N) is 1. The zero-order valence-electron chi connectivity index (χ0n) is 2.43. The number of hydrogen-bond donors (Lipinski definition) is 2. The molecule has 0 amide bonds. The molecule has 0 saturated carbocycles. The van der Waals surface area contributed by atoms with Gasteiger partial charge in [0.25, 0.3) is 0 Å². The molecular weight excluding hydrogens is 133 g/mol. The third-order valence-electron chi connectivity index (χ3n) is 0.110. The van der Waals surface area contributed by atoms with E-state index in [1.807, 2.05) is 0 Å². The molecule has 0 saturated heterocycles. The van der Waals surface area contributed by atoms with E-state index in [1.165, 1.54) is 0 Å². The fourth-order valence-corrected chi connectivity index (χ4v) is 0. The summed E-state index contributed by atoms with van der Waals surface area (Å²) in [5, 5.41) is 2.78. The first-order chi connectivity index (χ1) is 2.27. The third kappa shape index (κ3) is 3.79. The van der Waals surface area contributed by atoms with Gasteiger partial charge < -0.3 is 0 Å². The van der Waals surface area contributed by atoms with Crippen molar-refractivity contribution in [2.75, 3.05) is 0 Å². The van der Waals surface area contributed by atoms with Gasteiger partial charge in [-0.1, -0.05) is 0 Å². The summed E-state index contributed by atoms with van der Waals surface area (Å²) in [5.41, 5.74) is 10.9. The topological polar surface area (TPSA) is 62.2 Å². The number of nitrogens with zero attached hydrogens (tertiary/aromatic N) is 1. The summed E-state index contributed by atoms with van der Waals surface area (Å²) in [6, 6.07) is 0. The molecule has 0 bridgehead atoms. The fraction of sp³-hybridized carbons (Fsp3) is 0. The number of nitrogens with two attached hydrogens (primary N) is 1. The molecule has 0 fully saturated rings. The van der Waals surface area contributed by atoms with Gasteiger partial charge in [0.15, 0.2) is 0 Å². The van der Waals surface area contributed by atoms with Crippen molar-refractivity contribution >= 4 is 20.2 Å². The molecule has 0 radical (unpaired) electrons. The van der Waals surface area contributed by atoms with Crippen LogP contribution in [0.2, 0.25) is 0 Å². The Morgan fingerprint density at radius 2 is 2.20 bits per heavy atom. The predicted octanol–water partition coefficient (Wildman–Crippen LogP) is -0.768. The molecule has 0 aliphatic heterocycles. The van der Waals surface area contributed by atoms with E-state index in [0.717, 1.165) is 0 Å². The van der Waals surface area contributed by atoms with E-state index >= 15 is 0 Å². The van der Waals surface area contributed by atoms with Gasteiger partial charge in [-0.25, -0.2) is 0 Å². The molecule has 4 heteroatoms. The Kier molecular flexibility index (Phi) is 1.97. The van der Waals surface area contributed by atoms with Gasteiger partial charge in [0.1, 0.15) is 0 Å². The monoisotopic (exact) mass is 137 g/mol. The van der Waals surface area contributed by atoms with Crippen molar-refractivity contribution in [3.05, 3.63) is 0 Å². The average Bonchev–Trinajstić information content (AvgIpc) is 1.38. The summed E-state index contributed by atoms with van der Waals surface area (Å²) in [5.74, 6) is 0. The molecule has 28 valence electrons. The van der Waals surface area contributed by atoms with Crippen LogP contribution in [0.3, 0.4) is 0 Å². The Balaban J connectivity index is 3.20. The van der Waals surface area contributed by atoms with E-state index in [-0.39, 0.29) is 4.67 Å². The molecule has 3 N–H and O–H groups in total. The zero-order chi connectivity index (χ0) is 4.28. The van der Waals surface area contributed by atoms with Crippen molar-refractivity contribution in [2.45, 2.75) is 0 Å². The van der Waals surface area contributed by atoms with Gasteiger partial charge in [-0.2, -0.15) is 0 Å². The van der Waals surface area contributed by atoms with Crippen LogP contribution in [0.1, 0.15) is 0 Å². The summed E-state index contributed by atoms with van der Waals surface area (Å²) in [7, 11) is 0. The minimum absolute atomic E-state index is 0.171. The second-order valence-corrected chi connectivity index (χ2v) is 1.33. The molecule has 0 rings (SSSR count). The van der Waals surface area contributed by atoms with Crippen molar-refractivity contribution in [1.29, 1.82) is 5.53 Å². The van der Waals surface area contributed by atoms with E-state index in [4.69, 9.17) is 11.3 Å². The first-order valence-electron chi connectivity index (χ1n) is 0.940. The average molecular weight is 136 g/mol. The molecule has 0 heterocycles. The molecule has 0 unspecified atom stereocenters. The minimum atomic E-state index is 0.171. The van der Waals surface area contributed by atoms with Crippen LogP contribution in [0.25, 0.3) is 0 Å². The molecule has 0 atom stereocenters. The number of hydrogen-bond acceptors (Lipinski definition) is 3. The van der Waals surface area contributed by atoms with Crippen LogP contribution >= 0.6 is 0 Å². The Hall–Kier alpha value is -0.211. The summed E-state index contributed by atoms with van der Waals surface area (Å²) in [6.45, 7) is 0. The molecule has 0 aromatic rings. The second-order valence-electron chi connectivity index (χ2n) is 0.450. The Morgan fingerprint density at radius 3 is 2.20 bits per heavy atom. The number of rotatable bonds is 1. The van der Waals surface area contributed by atoms with Gasteiger partial charge in [0, 0.05) is 0 Å². The van der Waals surface area contributed by atoms with Crippen molar-refractivity contribution in [1.82, 2.24) is 0 Å². The molecule has 0 spiro atoms. The van der Waals surface area contributed by atoms with Gasteiger partial charge in [0.2, 0.25) is 0 Å². The molecule has 0 aromatic heterocycles. The fourth-order valence-electron chi connectivity index (χ4n) is 0. The van der Waals surface area contributed by atoms with E-state index < -0.39 is 0 Å². The van der Waals surface area contributed by atoms with Crippen molar-refractivity contribution in [3.63, 3.8) is 0 Å². The summed E-state index contributed by atoms with van der Waals surface area (Å²) < 4.78 is 0.171. The van der Waals surface area contributed by atoms with Crippen molar-refractivity contribution in [3.8, 4) is 0 Å². The second kappa shape index (κ2) is 2.05. The quantitative estimate of drug-likeness (QED) is 0.361. The summed E-state index contributed by atoms with van der Waals surface area (Å²) in [6.07, 6.45) is 0. The Morgan fingerprint density at radius 1 is 2.00 bits per heavy atom. The maximum atomic E-state index is 6.09. The first kappa shape index (κ1) is 4.79. The van der Waals surface area contributed by atoms with Crippen molar-refractivity contribution < 1.29 is 0 Å². The molecule has 5 heavy (non-hydrogen) atoms. The van der Waals surface area contributed by atoms with Gasteiger partial charge >= 0.3 is 36.6 Å². The molecule has 0 aliphatic carbocycles. The van der Waals surface area contributed by atoms with Gasteiger partial charge in [-0.3, -0.25) is 0 Å². The van der Waals surface area contributed by atoms with E-state index in [9.17, 15) is 0 Å². The molecular formula is CH3N3Se. The summed E-state index contributed by atoms with van der Waals surface area (Å²) in [4.78, 5) is 0. The van der Waals surface area contributed by atoms with Crippen molar-refractivity contribution in [2.24, 2.45) is 10.8 Å². The van der Waals surface area contributed by atoms with Crippen LogP contribution in [0.15, 0.2) is 5.11 Å². The van der Waals surface area contributed by atoms with E-state index in [1.54, 1.807) is 0 Å². The van der Waals surface area contributed by atoms with Crippen LogP contribution in [0.4, 0.5) is 0 Å². The standard InChI is InChI=1S/CH3N3Se/c2-1(5)4-3/h3H,(H2,2,5). The van der Waals surface area contributed by atoms with Gasteiger partial charge in [-0.05, 0) is 0 Å². The van der Waals surface area contributed by atoms with Crippen LogP contribution in [0.5, 0.6) is 0 Å². The van der Waals surface area contributed by atoms with E-state index in [0.29, 0.717) is 0 Å². The predicted molar refractivity (Wildman–Crippen MR) is 20.1 cm³/mol. The van der Waals surface area contributed by atoms with Crippen LogP contribution in [-0.2, 0) is 0 Å². The SMILES string of the molecule is N=NC(N)=[Se]. The van der Waals surface area contributed by atoms with Crippen LogP contribution in [0, 0.1) is 5.53 Å². The van der Waals surface area contributed by atoms with Crippen LogP contribution in [-0.4, -0.2) is 20.2 Å². The normalized spacial score (nSPS) is 6.40. The molecule has 0 aliphatic rings. The Labute approximate surface area is 37.4 Å². The van der Waals surface area contributed by atoms with Gasteiger partial charge in [-0.15, -0.1) is 0 Å². The molecule has 0 aromatic carbocycles. The zero-order valence-corrected chi connectivity index (χ0v) is 4.15. The molecule has 3 nitrogen and oxygen atoms in total. The Bertz CT molecular complexity index is 57.9. The van der Waals surface area contributed by atoms with Crippen LogP contribution < -0.4 is 5.73 Å². The maximum absolute atomic E-state index is 6.09. The first-order valence-corrected chi connectivity index (χ1v) is 1.80. The van der Waals surface area contributed by atoms with E-state index in [2.05, 4.69) is 20.7 Å². The van der Waals surface area contributed by atoms with Gasteiger partial charge in [0.05, 0.1) is 0 Å². The summed E-state index contributed by atoms with van der Waals surface area (Å²) >= 11 is 2.33. The third-order valence-corrected chi connectivity index (χ3v) is 0.302.